The van der Waals surface area contributed by atoms with Crippen molar-refractivity contribution < 1.29 is 19.2 Å². The first kappa shape index (κ1) is 26.6. The molecule has 0 saturated carbocycles. The van der Waals surface area contributed by atoms with Crippen LogP contribution in [0.5, 0.6) is 0 Å². The van der Waals surface area contributed by atoms with E-state index in [2.05, 4.69) is 26.6 Å². The topological polar surface area (TPSA) is 254 Å². The van der Waals surface area contributed by atoms with E-state index in [1.807, 2.05) is 0 Å². The third-order valence-electron chi connectivity index (χ3n) is 3.71. The van der Waals surface area contributed by atoms with E-state index in [1.54, 1.807) is 6.29 Å². The number of amides is 3. The maximum atomic E-state index is 12.5. The van der Waals surface area contributed by atoms with Gasteiger partial charge >= 0.3 is 0 Å². The van der Waals surface area contributed by atoms with E-state index in [-0.39, 0.29) is 37.9 Å². The first-order valence-corrected chi connectivity index (χ1v) is 9.29. The van der Waals surface area contributed by atoms with Crippen LogP contribution in [-0.2, 0) is 19.2 Å². The number of nitrogens with one attached hydrogen (secondary N) is 7. The Morgan fingerprint density at radius 2 is 1.43 bits per heavy atom. The minimum Gasteiger partial charge on any atom is -0.370 e. The standard InChI is InChI=1S/C16H31N10O4/c17-7-12(28)24-8-13(29)26-11(4-2-6-23-16(20)21)14(30)25-10(9-27)3-1-5-22-15(18)19/h10-11H,1-8,17H2,(H,24,28)(H,25,30)(H,26,29)(H4,18,19,22)(H4,20,21,23). The lowest BCUT2D eigenvalue weighted by atomic mass is 10.1. The van der Waals surface area contributed by atoms with Gasteiger partial charge in [0, 0.05) is 13.1 Å². The highest BCUT2D eigenvalue weighted by Gasteiger charge is 2.23. The second kappa shape index (κ2) is 15.5. The highest BCUT2D eigenvalue weighted by Crippen LogP contribution is 2.01. The van der Waals surface area contributed by atoms with Crippen molar-refractivity contribution in [3.63, 3.8) is 0 Å². The summed E-state index contributed by atoms with van der Waals surface area (Å²) in [5.74, 6) is -2.14. The lowest BCUT2D eigenvalue weighted by Crippen LogP contribution is -2.52. The van der Waals surface area contributed by atoms with Crippen LogP contribution in [0.2, 0.25) is 0 Å². The van der Waals surface area contributed by atoms with Gasteiger partial charge in [-0.25, -0.2) is 0 Å². The van der Waals surface area contributed by atoms with Gasteiger partial charge in [-0.05, 0) is 25.7 Å². The summed E-state index contributed by atoms with van der Waals surface area (Å²) in [5.41, 5.74) is 15.5. The Morgan fingerprint density at radius 3 is 1.93 bits per heavy atom. The molecule has 2 atom stereocenters. The van der Waals surface area contributed by atoms with E-state index in [0.29, 0.717) is 25.9 Å². The highest BCUT2D eigenvalue weighted by molar-refractivity contribution is 5.91. The summed E-state index contributed by atoms with van der Waals surface area (Å²) < 4.78 is 0. The van der Waals surface area contributed by atoms with E-state index in [4.69, 9.17) is 28.0 Å². The molecule has 0 heterocycles. The van der Waals surface area contributed by atoms with E-state index in [0.717, 1.165) is 0 Å². The Balaban J connectivity index is 4.77. The van der Waals surface area contributed by atoms with Crippen LogP contribution in [0.3, 0.4) is 0 Å². The molecule has 0 aromatic rings. The minimum atomic E-state index is -0.979. The molecule has 0 rings (SSSR count). The Morgan fingerprint density at radius 1 is 0.867 bits per heavy atom. The molecule has 0 aliphatic carbocycles. The molecule has 30 heavy (non-hydrogen) atoms. The molecule has 0 aromatic heterocycles. The molecule has 3 amide bonds. The number of hydrogen-bond acceptors (Lipinski definition) is 7. The zero-order valence-corrected chi connectivity index (χ0v) is 16.7. The zero-order valence-electron chi connectivity index (χ0n) is 16.7. The van der Waals surface area contributed by atoms with E-state index >= 15 is 0 Å². The molecule has 13 N–H and O–H groups in total. The average Bonchev–Trinajstić information content (AvgIpc) is 2.69. The van der Waals surface area contributed by atoms with Crippen molar-refractivity contribution >= 4 is 35.9 Å². The summed E-state index contributed by atoms with van der Waals surface area (Å²) in [4.78, 5) is 46.9. The molecule has 14 heteroatoms. The second-order valence-electron chi connectivity index (χ2n) is 6.25. The van der Waals surface area contributed by atoms with Gasteiger partial charge in [-0.1, -0.05) is 0 Å². The summed E-state index contributed by atoms with van der Waals surface area (Å²) in [7, 11) is 0. The van der Waals surface area contributed by atoms with Crippen molar-refractivity contribution in [1.82, 2.24) is 26.6 Å². The van der Waals surface area contributed by atoms with E-state index in [1.165, 1.54) is 0 Å². The van der Waals surface area contributed by atoms with Gasteiger partial charge in [0.1, 0.15) is 6.04 Å². The van der Waals surface area contributed by atoms with Crippen molar-refractivity contribution in [3.8, 4) is 0 Å². The molecule has 1 radical (unpaired) electrons. The normalized spacial score (nSPS) is 12.0. The van der Waals surface area contributed by atoms with Crippen LogP contribution in [0.4, 0.5) is 0 Å². The fraction of sp³-hybridized carbons (Fsp3) is 0.625. The summed E-state index contributed by atoms with van der Waals surface area (Å²) in [6.45, 7) is 0.0225. The Bertz CT molecular complexity index is 613. The summed E-state index contributed by atoms with van der Waals surface area (Å²) in [6.07, 6.45) is 3.02. The number of carbonyl (C=O) groups is 3. The van der Waals surface area contributed by atoms with Gasteiger partial charge in [-0.2, -0.15) is 0 Å². The third kappa shape index (κ3) is 13.7. The number of guanidine groups is 2. The van der Waals surface area contributed by atoms with Gasteiger partial charge in [-0.15, -0.1) is 0 Å². The molecule has 0 fully saturated rings. The average molecular weight is 427 g/mol. The summed E-state index contributed by atoms with van der Waals surface area (Å²) in [5, 5.41) is 26.6. The quantitative estimate of drug-likeness (QED) is 0.0687. The Kier molecular flexibility index (Phi) is 13.7. The number of rotatable bonds is 15. The number of nitrogens with two attached hydrogens (primary N) is 3. The van der Waals surface area contributed by atoms with Gasteiger partial charge < -0.3 is 43.8 Å². The molecule has 0 aliphatic heterocycles. The molecule has 0 spiro atoms. The molecular weight excluding hydrogens is 396 g/mol. The smallest absolute Gasteiger partial charge is 0.243 e. The maximum absolute atomic E-state index is 12.5. The van der Waals surface area contributed by atoms with Gasteiger partial charge in [0.25, 0.3) is 0 Å². The highest BCUT2D eigenvalue weighted by atomic mass is 16.2. The molecule has 0 aromatic carbocycles. The molecule has 14 nitrogen and oxygen atoms in total. The van der Waals surface area contributed by atoms with Crippen molar-refractivity contribution in [3.05, 3.63) is 0 Å². The first-order valence-electron chi connectivity index (χ1n) is 9.29. The number of hydrogen-bond donors (Lipinski definition) is 10. The molecule has 2 unspecified atom stereocenters. The molecule has 0 saturated heterocycles. The van der Waals surface area contributed by atoms with Crippen LogP contribution in [-0.4, -0.2) is 74.2 Å². The molecule has 0 bridgehead atoms. The monoisotopic (exact) mass is 427 g/mol. The molecular formula is C16H31N10O4. The summed E-state index contributed by atoms with van der Waals surface area (Å²) in [6, 6.07) is -1.88. The lowest BCUT2D eigenvalue weighted by Gasteiger charge is -2.21. The maximum Gasteiger partial charge on any atom is 0.243 e. The van der Waals surface area contributed by atoms with Gasteiger partial charge in [-0.3, -0.25) is 30.0 Å². The van der Waals surface area contributed by atoms with E-state index < -0.39 is 29.8 Å². The Hall–Kier alpha value is -3.42. The van der Waals surface area contributed by atoms with Gasteiger partial charge in [0.2, 0.25) is 24.0 Å². The molecule has 0 aliphatic rings. The predicted molar refractivity (Wildman–Crippen MR) is 110 cm³/mol. The van der Waals surface area contributed by atoms with Crippen molar-refractivity contribution in [2.45, 2.75) is 37.8 Å². The zero-order chi connectivity index (χ0) is 22.9. The fourth-order valence-electron chi connectivity index (χ4n) is 2.26. The second-order valence-corrected chi connectivity index (χ2v) is 6.25. The molecule has 169 valence electrons. The minimum absolute atomic E-state index is 0.195. The summed E-state index contributed by atoms with van der Waals surface area (Å²) >= 11 is 0. The SMILES string of the molecule is N=C(N)NCCCC([C]=O)NC(=O)C(CCCNC(=N)N)NC(=O)CNC(=O)CN. The third-order valence-corrected chi connectivity index (χ3v) is 3.71. The van der Waals surface area contributed by atoms with Crippen LogP contribution in [0.15, 0.2) is 0 Å². The Labute approximate surface area is 174 Å². The predicted octanol–water partition coefficient (Wildman–Crippen LogP) is -4.33. The van der Waals surface area contributed by atoms with Crippen LogP contribution in [0, 0.1) is 10.8 Å². The van der Waals surface area contributed by atoms with Crippen LogP contribution in [0.1, 0.15) is 25.7 Å². The fourth-order valence-corrected chi connectivity index (χ4v) is 2.26. The van der Waals surface area contributed by atoms with Crippen LogP contribution < -0.4 is 43.8 Å². The van der Waals surface area contributed by atoms with Crippen molar-refractivity contribution in [2.75, 3.05) is 26.2 Å². The van der Waals surface area contributed by atoms with E-state index in [9.17, 15) is 19.2 Å². The van der Waals surface area contributed by atoms with Crippen molar-refractivity contribution in [2.24, 2.45) is 17.2 Å². The lowest BCUT2D eigenvalue weighted by molar-refractivity contribution is -0.130. The van der Waals surface area contributed by atoms with Crippen molar-refractivity contribution in [1.29, 1.82) is 10.8 Å². The van der Waals surface area contributed by atoms with Gasteiger partial charge in [0.05, 0.1) is 19.1 Å². The largest absolute Gasteiger partial charge is 0.370 e. The van der Waals surface area contributed by atoms with Gasteiger partial charge in [0.15, 0.2) is 11.9 Å². The first-order chi connectivity index (χ1) is 14.2. The van der Waals surface area contributed by atoms with Crippen LogP contribution in [0.25, 0.3) is 0 Å². The van der Waals surface area contributed by atoms with Crippen LogP contribution >= 0.6 is 0 Å². The number of carbonyl (C=O) groups excluding carboxylic acids is 4.